The molecule has 1 aromatic carbocycles. The first-order valence-electron chi connectivity index (χ1n) is 5.29. The number of carbonyl (C=O) groups excluding carboxylic acids is 1. The molecule has 96 valence electrons. The van der Waals surface area contributed by atoms with Gasteiger partial charge in [-0.1, -0.05) is 15.9 Å². The molecule has 1 amide bonds. The van der Waals surface area contributed by atoms with E-state index in [4.69, 9.17) is 0 Å². The lowest BCUT2D eigenvalue weighted by Gasteiger charge is -2.18. The second-order valence-electron chi connectivity index (χ2n) is 4.15. The quantitative estimate of drug-likeness (QED) is 0.451. The Kier molecular flexibility index (Phi) is 3.72. The summed E-state index contributed by atoms with van der Waals surface area (Å²) in [6, 6.07) is 3.12. The Labute approximate surface area is 121 Å². The minimum Gasteiger partial charge on any atom is -0.310 e. The number of halogens is 2. The van der Waals surface area contributed by atoms with Gasteiger partial charge in [-0.05, 0) is 28.9 Å². The molecule has 5 nitrogen and oxygen atoms in total. The van der Waals surface area contributed by atoms with Crippen LogP contribution in [0.4, 0.5) is 11.4 Å². The molecule has 1 heterocycles. The number of benzene rings is 1. The van der Waals surface area contributed by atoms with Crippen molar-refractivity contribution in [3.63, 3.8) is 0 Å². The molecule has 0 saturated carbocycles. The molecule has 0 aliphatic carbocycles. The van der Waals surface area contributed by atoms with Crippen molar-refractivity contribution in [2.24, 2.45) is 0 Å². The van der Waals surface area contributed by atoms with Crippen LogP contribution < -0.4 is 4.90 Å². The summed E-state index contributed by atoms with van der Waals surface area (Å²) in [5.41, 5.74) is 1.15. The van der Waals surface area contributed by atoms with Crippen LogP contribution >= 0.6 is 31.9 Å². The Balaban J connectivity index is 2.48. The smallest absolute Gasteiger partial charge is 0.274 e. The van der Waals surface area contributed by atoms with Gasteiger partial charge in [0, 0.05) is 33.9 Å². The van der Waals surface area contributed by atoms with Crippen LogP contribution in [0.5, 0.6) is 0 Å². The monoisotopic (exact) mass is 376 g/mol. The van der Waals surface area contributed by atoms with Gasteiger partial charge in [-0.15, -0.1) is 0 Å². The van der Waals surface area contributed by atoms with E-state index in [0.29, 0.717) is 28.7 Å². The Hall–Kier alpha value is -0.950. The highest BCUT2D eigenvalue weighted by molar-refractivity contribution is 9.10. The molecule has 1 fully saturated rings. The van der Waals surface area contributed by atoms with Crippen molar-refractivity contribution >= 4 is 49.1 Å². The molecule has 18 heavy (non-hydrogen) atoms. The number of carbonyl (C=O) groups is 1. The van der Waals surface area contributed by atoms with Crippen LogP contribution in [0.15, 0.2) is 16.6 Å². The Bertz CT molecular complexity index is 533. The van der Waals surface area contributed by atoms with E-state index < -0.39 is 4.92 Å². The minimum absolute atomic E-state index is 0.0269. The third kappa shape index (κ3) is 2.42. The van der Waals surface area contributed by atoms with Gasteiger partial charge in [-0.2, -0.15) is 0 Å². The van der Waals surface area contributed by atoms with Crippen LogP contribution in [0.1, 0.15) is 12.0 Å². The highest BCUT2D eigenvalue weighted by Gasteiger charge is 2.31. The lowest BCUT2D eigenvalue weighted by Crippen LogP contribution is -2.25. The van der Waals surface area contributed by atoms with Crippen molar-refractivity contribution in [3.8, 4) is 0 Å². The number of nitrogens with zero attached hydrogens (tertiary/aromatic N) is 2. The summed E-state index contributed by atoms with van der Waals surface area (Å²) in [6.07, 6.45) is 0.411. The van der Waals surface area contributed by atoms with Gasteiger partial charge < -0.3 is 4.90 Å². The summed E-state index contributed by atoms with van der Waals surface area (Å²) in [5.74, 6) is -0.0317. The number of aryl methyl sites for hydroxylation is 1. The zero-order valence-corrected chi connectivity index (χ0v) is 12.7. The molecule has 7 heteroatoms. The van der Waals surface area contributed by atoms with Crippen molar-refractivity contribution in [2.45, 2.75) is 18.2 Å². The van der Waals surface area contributed by atoms with Gasteiger partial charge in [0.15, 0.2) is 0 Å². The van der Waals surface area contributed by atoms with Gasteiger partial charge in [-0.25, -0.2) is 0 Å². The van der Waals surface area contributed by atoms with Crippen molar-refractivity contribution in [1.82, 2.24) is 0 Å². The molecule has 0 N–H and O–H groups in total. The van der Waals surface area contributed by atoms with Crippen LogP contribution in [0.2, 0.25) is 0 Å². The highest BCUT2D eigenvalue weighted by atomic mass is 79.9. The van der Waals surface area contributed by atoms with E-state index in [-0.39, 0.29) is 16.4 Å². The summed E-state index contributed by atoms with van der Waals surface area (Å²) in [7, 11) is 0. The maximum absolute atomic E-state index is 11.8. The number of rotatable bonds is 2. The molecular weight excluding hydrogens is 368 g/mol. The van der Waals surface area contributed by atoms with Gasteiger partial charge in [-0.3, -0.25) is 14.9 Å². The zero-order chi connectivity index (χ0) is 13.4. The van der Waals surface area contributed by atoms with Gasteiger partial charge in [0.25, 0.3) is 5.69 Å². The molecule has 1 aliphatic rings. The second-order valence-corrected chi connectivity index (χ2v) is 6.30. The summed E-state index contributed by atoms with van der Waals surface area (Å²) in [5, 5.41) is 10.9. The SMILES string of the molecule is Cc1cc(Br)c(N2CC(Br)CC2=O)cc1[N+](=O)[O-]. The summed E-state index contributed by atoms with van der Waals surface area (Å²) >= 11 is 6.75. The maximum atomic E-state index is 11.8. The minimum atomic E-state index is -0.433. The van der Waals surface area contributed by atoms with Gasteiger partial charge in [0.2, 0.25) is 5.91 Å². The zero-order valence-electron chi connectivity index (χ0n) is 9.52. The third-order valence-corrected chi connectivity index (χ3v) is 4.08. The molecule has 0 bridgehead atoms. The number of hydrogen-bond donors (Lipinski definition) is 0. The number of anilines is 1. The summed E-state index contributed by atoms with van der Waals surface area (Å²) < 4.78 is 0.695. The standard InChI is InChI=1S/C11H10Br2N2O3/c1-6-2-8(13)10(4-9(6)15(17)18)14-5-7(12)3-11(14)16/h2,4,7H,3,5H2,1H3. The highest BCUT2D eigenvalue weighted by Crippen LogP contribution is 2.36. The van der Waals surface area contributed by atoms with Crippen molar-refractivity contribution < 1.29 is 9.72 Å². The lowest BCUT2D eigenvalue weighted by molar-refractivity contribution is -0.385. The first kappa shape index (κ1) is 13.5. The van der Waals surface area contributed by atoms with Crippen molar-refractivity contribution in [2.75, 3.05) is 11.4 Å². The molecule has 1 aromatic rings. The van der Waals surface area contributed by atoms with E-state index in [1.807, 2.05) is 0 Å². The van der Waals surface area contributed by atoms with Crippen molar-refractivity contribution in [3.05, 3.63) is 32.3 Å². The number of alkyl halides is 1. The Morgan fingerprint density at radius 2 is 2.17 bits per heavy atom. The Morgan fingerprint density at radius 1 is 1.50 bits per heavy atom. The van der Waals surface area contributed by atoms with Gasteiger partial charge >= 0.3 is 0 Å². The predicted octanol–water partition coefficient (Wildman–Crippen LogP) is 3.17. The number of hydrogen-bond acceptors (Lipinski definition) is 3. The van der Waals surface area contributed by atoms with E-state index in [9.17, 15) is 14.9 Å². The predicted molar refractivity (Wildman–Crippen MR) is 75.2 cm³/mol. The van der Waals surface area contributed by atoms with Crippen LogP contribution in [0, 0.1) is 17.0 Å². The van der Waals surface area contributed by atoms with Gasteiger partial charge in [0.05, 0.1) is 10.6 Å². The van der Waals surface area contributed by atoms with Crippen LogP contribution in [-0.2, 0) is 4.79 Å². The molecular formula is C11H10Br2N2O3. The average molecular weight is 378 g/mol. The van der Waals surface area contributed by atoms with E-state index in [0.717, 1.165) is 0 Å². The lowest BCUT2D eigenvalue weighted by atomic mass is 10.1. The maximum Gasteiger partial charge on any atom is 0.274 e. The molecule has 2 rings (SSSR count). The van der Waals surface area contributed by atoms with Crippen LogP contribution in [-0.4, -0.2) is 22.2 Å². The fourth-order valence-corrected chi connectivity index (χ4v) is 3.19. The summed E-state index contributed by atoms with van der Waals surface area (Å²) in [4.78, 5) is 24.0. The van der Waals surface area contributed by atoms with E-state index in [2.05, 4.69) is 31.9 Å². The van der Waals surface area contributed by atoms with E-state index in [1.54, 1.807) is 17.9 Å². The Morgan fingerprint density at radius 3 is 2.67 bits per heavy atom. The molecule has 1 atom stereocenters. The largest absolute Gasteiger partial charge is 0.310 e. The number of nitro benzene ring substituents is 1. The summed E-state index contributed by atoms with van der Waals surface area (Å²) in [6.45, 7) is 2.20. The molecule has 0 aromatic heterocycles. The number of amides is 1. The fourth-order valence-electron chi connectivity index (χ4n) is 1.95. The molecule has 1 unspecified atom stereocenters. The fraction of sp³-hybridized carbons (Fsp3) is 0.364. The normalized spacial score (nSPS) is 19.4. The topological polar surface area (TPSA) is 63.5 Å². The van der Waals surface area contributed by atoms with E-state index in [1.165, 1.54) is 6.07 Å². The molecule has 0 radical (unpaired) electrons. The number of nitro groups is 1. The second kappa shape index (κ2) is 4.97. The molecule has 1 saturated heterocycles. The van der Waals surface area contributed by atoms with Gasteiger partial charge in [0.1, 0.15) is 0 Å². The van der Waals surface area contributed by atoms with E-state index >= 15 is 0 Å². The van der Waals surface area contributed by atoms with Crippen LogP contribution in [0.3, 0.4) is 0 Å². The molecule has 1 aliphatic heterocycles. The average Bonchev–Trinajstić information content (AvgIpc) is 2.57. The van der Waals surface area contributed by atoms with Crippen molar-refractivity contribution in [1.29, 1.82) is 0 Å². The third-order valence-electron chi connectivity index (χ3n) is 2.83. The first-order valence-corrected chi connectivity index (χ1v) is 7.00. The first-order chi connectivity index (χ1) is 8.40. The molecule has 0 spiro atoms. The van der Waals surface area contributed by atoms with Crippen LogP contribution in [0.25, 0.3) is 0 Å².